The summed E-state index contributed by atoms with van der Waals surface area (Å²) in [7, 11) is 0. The summed E-state index contributed by atoms with van der Waals surface area (Å²) in [6, 6.07) is 19.7. The van der Waals surface area contributed by atoms with Crippen molar-refractivity contribution in [1.29, 1.82) is 5.26 Å². The van der Waals surface area contributed by atoms with Gasteiger partial charge in [-0.25, -0.2) is 0 Å². The summed E-state index contributed by atoms with van der Waals surface area (Å²) in [6.07, 6.45) is 3.71. The van der Waals surface area contributed by atoms with E-state index in [0.29, 0.717) is 0 Å². The fourth-order valence-electron chi connectivity index (χ4n) is 3.09. The van der Waals surface area contributed by atoms with Crippen molar-refractivity contribution in [2.24, 2.45) is 0 Å². The minimum Gasteiger partial charge on any atom is -0.346 e. The quantitative estimate of drug-likeness (QED) is 0.686. The number of hydrogen-bond donors (Lipinski definition) is 1. The maximum Gasteiger partial charge on any atom is 0.263 e. The normalized spacial score (nSPS) is 15.0. The Kier molecular flexibility index (Phi) is 5.15. The predicted molar refractivity (Wildman–Crippen MR) is 98.8 cm³/mol. The monoisotopic (exact) mass is 331 g/mol. The number of carbonyl (C=O) groups excluding carboxylic acids is 1. The van der Waals surface area contributed by atoms with Gasteiger partial charge >= 0.3 is 0 Å². The molecule has 0 saturated heterocycles. The van der Waals surface area contributed by atoms with Crippen molar-refractivity contribution >= 4 is 11.6 Å². The Bertz CT molecular complexity index is 821. The summed E-state index contributed by atoms with van der Waals surface area (Å²) >= 11 is 0. The second-order valence-electron chi connectivity index (χ2n) is 6.19. The lowest BCUT2D eigenvalue weighted by Crippen LogP contribution is -2.30. The minimum atomic E-state index is -0.345. The molecular formula is C21H21N3O. The third-order valence-electron chi connectivity index (χ3n) is 4.44. The van der Waals surface area contributed by atoms with Crippen LogP contribution in [0.1, 0.15) is 30.5 Å². The molecule has 126 valence electrons. The molecule has 4 heteroatoms. The molecule has 1 atom stereocenters. The maximum atomic E-state index is 12.5. The summed E-state index contributed by atoms with van der Waals surface area (Å²) in [6.45, 7) is 2.72. The van der Waals surface area contributed by atoms with Crippen molar-refractivity contribution in [3.05, 3.63) is 77.5 Å². The Morgan fingerprint density at radius 1 is 1.20 bits per heavy atom. The molecule has 1 aliphatic rings. The van der Waals surface area contributed by atoms with E-state index in [0.717, 1.165) is 30.6 Å². The highest BCUT2D eigenvalue weighted by Gasteiger charge is 2.18. The number of amides is 1. The van der Waals surface area contributed by atoms with Crippen LogP contribution in [0.25, 0.3) is 0 Å². The van der Waals surface area contributed by atoms with Crippen LogP contribution in [0.2, 0.25) is 0 Å². The van der Waals surface area contributed by atoms with Gasteiger partial charge in [-0.3, -0.25) is 4.79 Å². The van der Waals surface area contributed by atoms with Crippen LogP contribution in [0, 0.1) is 11.3 Å². The molecule has 0 spiro atoms. The molecule has 0 saturated carbocycles. The van der Waals surface area contributed by atoms with E-state index >= 15 is 0 Å². The fraction of sp³-hybridized carbons (Fsp3) is 0.238. The Morgan fingerprint density at radius 2 is 1.92 bits per heavy atom. The average molecular weight is 331 g/mol. The van der Waals surface area contributed by atoms with Gasteiger partial charge in [0.05, 0.1) is 6.04 Å². The molecule has 1 N–H and O–H groups in total. The highest BCUT2D eigenvalue weighted by Crippen LogP contribution is 2.27. The molecule has 4 nitrogen and oxygen atoms in total. The predicted octanol–water partition coefficient (Wildman–Crippen LogP) is 3.72. The molecule has 0 bridgehead atoms. The third-order valence-corrected chi connectivity index (χ3v) is 4.44. The molecule has 25 heavy (non-hydrogen) atoms. The van der Waals surface area contributed by atoms with E-state index in [-0.39, 0.29) is 17.5 Å². The average Bonchev–Trinajstić information content (AvgIpc) is 2.66. The number of anilines is 1. The first kappa shape index (κ1) is 16.8. The van der Waals surface area contributed by atoms with Gasteiger partial charge in [0.1, 0.15) is 11.6 Å². The molecule has 2 aromatic carbocycles. The van der Waals surface area contributed by atoms with Gasteiger partial charge < -0.3 is 10.2 Å². The van der Waals surface area contributed by atoms with Crippen LogP contribution in [-0.4, -0.2) is 12.5 Å². The third kappa shape index (κ3) is 3.89. The number of nitrogens with zero attached hydrogens (tertiary/aromatic N) is 2. The van der Waals surface area contributed by atoms with E-state index in [4.69, 9.17) is 0 Å². The Labute approximate surface area is 148 Å². The number of aryl methyl sites for hydroxylation is 1. The van der Waals surface area contributed by atoms with Crippen LogP contribution < -0.4 is 10.2 Å². The lowest BCUT2D eigenvalue weighted by Gasteiger charge is -2.28. The Morgan fingerprint density at radius 3 is 2.68 bits per heavy atom. The van der Waals surface area contributed by atoms with E-state index in [1.807, 2.05) is 66.4 Å². The summed E-state index contributed by atoms with van der Waals surface area (Å²) in [5.41, 5.74) is 3.46. The first-order valence-electron chi connectivity index (χ1n) is 8.51. The molecule has 1 amide bonds. The van der Waals surface area contributed by atoms with Crippen LogP contribution >= 0.6 is 0 Å². The lowest BCUT2D eigenvalue weighted by molar-refractivity contribution is -0.117. The summed E-state index contributed by atoms with van der Waals surface area (Å²) < 4.78 is 0. The van der Waals surface area contributed by atoms with Crippen molar-refractivity contribution < 1.29 is 4.79 Å². The SMILES string of the molecule is CC(NC(=O)/C(C#N)=C\N1CCCc2ccccc21)c1ccccc1. The number of carbonyl (C=O) groups is 1. The molecule has 0 aliphatic carbocycles. The van der Waals surface area contributed by atoms with Crippen molar-refractivity contribution in [1.82, 2.24) is 5.32 Å². The first-order chi connectivity index (χ1) is 12.2. The van der Waals surface area contributed by atoms with Crippen molar-refractivity contribution in [2.75, 3.05) is 11.4 Å². The molecule has 0 aromatic heterocycles. The van der Waals surface area contributed by atoms with E-state index in [1.54, 1.807) is 6.20 Å². The van der Waals surface area contributed by atoms with Gasteiger partial charge in [0.2, 0.25) is 0 Å². The molecular weight excluding hydrogens is 310 g/mol. The highest BCUT2D eigenvalue weighted by molar-refractivity contribution is 5.97. The highest BCUT2D eigenvalue weighted by atomic mass is 16.1. The standard InChI is InChI=1S/C21H21N3O/c1-16(17-8-3-2-4-9-17)23-21(25)19(14-22)15-24-13-7-11-18-10-5-6-12-20(18)24/h2-6,8-10,12,15-16H,7,11,13H2,1H3,(H,23,25)/b19-15-. The Balaban J connectivity index is 1.77. The number of hydrogen-bond acceptors (Lipinski definition) is 3. The van der Waals surface area contributed by atoms with Gasteiger partial charge in [-0.1, -0.05) is 48.5 Å². The van der Waals surface area contributed by atoms with Crippen molar-refractivity contribution in [2.45, 2.75) is 25.8 Å². The lowest BCUT2D eigenvalue weighted by atomic mass is 10.0. The first-order valence-corrected chi connectivity index (χ1v) is 8.51. The number of nitriles is 1. The zero-order valence-corrected chi connectivity index (χ0v) is 14.3. The molecule has 0 radical (unpaired) electrons. The van der Waals surface area contributed by atoms with Gasteiger partial charge in [0.25, 0.3) is 5.91 Å². The second-order valence-corrected chi connectivity index (χ2v) is 6.19. The van der Waals surface area contributed by atoms with E-state index < -0.39 is 0 Å². The van der Waals surface area contributed by atoms with E-state index in [9.17, 15) is 10.1 Å². The number of para-hydroxylation sites is 1. The molecule has 1 heterocycles. The molecule has 3 rings (SSSR count). The van der Waals surface area contributed by atoms with Gasteiger partial charge in [0, 0.05) is 18.4 Å². The fourth-order valence-corrected chi connectivity index (χ4v) is 3.09. The largest absolute Gasteiger partial charge is 0.346 e. The Hall–Kier alpha value is -3.06. The molecule has 1 aliphatic heterocycles. The number of fused-ring (bicyclic) bond motifs is 1. The van der Waals surface area contributed by atoms with E-state index in [1.165, 1.54) is 5.56 Å². The van der Waals surface area contributed by atoms with Crippen LogP contribution in [0.4, 0.5) is 5.69 Å². The number of nitrogens with one attached hydrogen (secondary N) is 1. The van der Waals surface area contributed by atoms with Gasteiger partial charge in [-0.15, -0.1) is 0 Å². The summed E-state index contributed by atoms with van der Waals surface area (Å²) in [4.78, 5) is 14.5. The van der Waals surface area contributed by atoms with Crippen LogP contribution in [0.3, 0.4) is 0 Å². The number of benzene rings is 2. The second kappa shape index (κ2) is 7.67. The van der Waals surface area contributed by atoms with Gasteiger partial charge in [-0.05, 0) is 37.0 Å². The zero-order chi connectivity index (χ0) is 17.6. The summed E-state index contributed by atoms with van der Waals surface area (Å²) in [5, 5.41) is 12.4. The molecule has 2 aromatic rings. The smallest absolute Gasteiger partial charge is 0.263 e. The van der Waals surface area contributed by atoms with Crippen molar-refractivity contribution in [3.63, 3.8) is 0 Å². The topological polar surface area (TPSA) is 56.1 Å². The maximum absolute atomic E-state index is 12.5. The minimum absolute atomic E-state index is 0.125. The van der Waals surface area contributed by atoms with Crippen LogP contribution in [-0.2, 0) is 11.2 Å². The van der Waals surface area contributed by atoms with Crippen LogP contribution in [0.15, 0.2) is 66.4 Å². The summed E-state index contributed by atoms with van der Waals surface area (Å²) in [5.74, 6) is -0.345. The van der Waals surface area contributed by atoms with Gasteiger partial charge in [-0.2, -0.15) is 5.26 Å². The van der Waals surface area contributed by atoms with Gasteiger partial charge in [0.15, 0.2) is 0 Å². The van der Waals surface area contributed by atoms with E-state index in [2.05, 4.69) is 11.4 Å². The number of rotatable bonds is 4. The van der Waals surface area contributed by atoms with Crippen molar-refractivity contribution in [3.8, 4) is 6.07 Å². The van der Waals surface area contributed by atoms with Crippen LogP contribution in [0.5, 0.6) is 0 Å². The zero-order valence-electron chi connectivity index (χ0n) is 14.3. The molecule has 1 unspecified atom stereocenters. The molecule has 0 fully saturated rings.